The Morgan fingerprint density at radius 3 is 1.43 bits per heavy atom. The number of nitrogens with one attached hydrogen (secondary N) is 1. The first-order valence-electron chi connectivity index (χ1n) is 29.9. The van der Waals surface area contributed by atoms with E-state index in [9.17, 15) is 19.0 Å². The Kier molecular flexibility index (Phi) is 51.2. The molecule has 0 aliphatic heterocycles. The molecule has 0 aliphatic carbocycles. The van der Waals surface area contributed by atoms with E-state index in [2.05, 4.69) is 135 Å². The highest BCUT2D eigenvalue weighted by atomic mass is 31.2. The Morgan fingerprint density at radius 1 is 0.493 bits per heavy atom. The number of hydrogen-bond acceptors (Lipinski definition) is 7. The second kappa shape index (κ2) is 53.8. The third-order valence-electron chi connectivity index (χ3n) is 12.4. The van der Waals surface area contributed by atoms with Crippen molar-refractivity contribution in [3.8, 4) is 0 Å². The molecule has 0 saturated heterocycles. The molecule has 428 valence electrons. The van der Waals surface area contributed by atoms with Crippen LogP contribution < -0.4 is 10.2 Å². The van der Waals surface area contributed by atoms with Gasteiger partial charge in [-0.25, -0.2) is 0 Å². The van der Waals surface area contributed by atoms with E-state index in [4.69, 9.17) is 13.8 Å². The zero-order chi connectivity index (χ0) is 55.0. The number of unbranched alkanes of at least 4 members (excludes halogenated alkanes) is 20. The van der Waals surface area contributed by atoms with Crippen molar-refractivity contribution in [3.05, 3.63) is 122 Å². The average molecular weight is 1060 g/mol. The highest BCUT2D eigenvalue weighted by Gasteiger charge is 2.27. The summed E-state index contributed by atoms with van der Waals surface area (Å²) < 4.78 is 30.2. The molecule has 0 saturated carbocycles. The third-order valence-corrected chi connectivity index (χ3v) is 13.4. The van der Waals surface area contributed by atoms with E-state index in [0.717, 1.165) is 116 Å². The first kappa shape index (κ1) is 71.4. The molecule has 1 amide bonds. The fourth-order valence-electron chi connectivity index (χ4n) is 7.88. The number of ether oxygens (including phenoxy) is 1. The smallest absolute Gasteiger partial charge is 0.306 e. The Hall–Kier alpha value is -3.59. The number of carbonyl (C=O) groups is 2. The number of carbonyl (C=O) groups excluding carboxylic acids is 2. The van der Waals surface area contributed by atoms with Gasteiger partial charge in [0.05, 0.1) is 33.8 Å². The van der Waals surface area contributed by atoms with Gasteiger partial charge < -0.3 is 28.5 Å². The lowest BCUT2D eigenvalue weighted by Crippen LogP contribution is -2.47. The van der Waals surface area contributed by atoms with Gasteiger partial charge in [-0.3, -0.25) is 14.2 Å². The van der Waals surface area contributed by atoms with Crippen molar-refractivity contribution in [1.29, 1.82) is 0 Å². The maximum absolute atomic E-state index is 13.5. The van der Waals surface area contributed by atoms with Gasteiger partial charge >= 0.3 is 5.97 Å². The van der Waals surface area contributed by atoms with Crippen molar-refractivity contribution in [2.24, 2.45) is 0 Å². The van der Waals surface area contributed by atoms with Gasteiger partial charge in [-0.05, 0) is 102 Å². The van der Waals surface area contributed by atoms with Crippen LogP contribution in [0.1, 0.15) is 226 Å². The molecule has 0 rings (SSSR count). The van der Waals surface area contributed by atoms with Crippen molar-refractivity contribution in [2.75, 3.05) is 40.9 Å². The van der Waals surface area contributed by atoms with Crippen LogP contribution in [0.3, 0.4) is 0 Å². The number of likely N-dealkylation sites (N-methyl/N-ethyl adjacent to an activating group) is 1. The summed E-state index contributed by atoms with van der Waals surface area (Å²) in [4.78, 5) is 39.9. The van der Waals surface area contributed by atoms with Crippen molar-refractivity contribution < 1.29 is 37.3 Å². The predicted molar refractivity (Wildman–Crippen MR) is 320 cm³/mol. The molecule has 75 heavy (non-hydrogen) atoms. The fraction of sp³-hybridized carbons (Fsp3) is 0.662. The summed E-state index contributed by atoms with van der Waals surface area (Å²) in [5, 5.41) is 3.00. The molecule has 10 heteroatoms. The normalized spacial score (nSPS) is 14.6. The molecule has 0 bridgehead atoms. The molecule has 0 aromatic heterocycles. The Morgan fingerprint density at radius 2 is 0.920 bits per heavy atom. The topological polar surface area (TPSA) is 114 Å². The lowest BCUT2D eigenvalue weighted by atomic mass is 10.1. The number of quaternary nitrogens is 1. The van der Waals surface area contributed by atoms with Crippen LogP contribution in [0.5, 0.6) is 0 Å². The highest BCUT2D eigenvalue weighted by molar-refractivity contribution is 7.45. The van der Waals surface area contributed by atoms with E-state index in [1.807, 2.05) is 33.3 Å². The minimum atomic E-state index is -4.71. The number of phosphoric ester groups is 1. The van der Waals surface area contributed by atoms with Crippen molar-refractivity contribution in [2.45, 2.75) is 238 Å². The minimum absolute atomic E-state index is 0.0367. The van der Waals surface area contributed by atoms with Crippen molar-refractivity contribution >= 4 is 19.7 Å². The molecule has 0 spiro atoms. The van der Waals surface area contributed by atoms with E-state index < -0.39 is 26.6 Å². The molecule has 9 nitrogen and oxygen atoms in total. The van der Waals surface area contributed by atoms with Crippen molar-refractivity contribution in [3.63, 3.8) is 0 Å². The zero-order valence-electron chi connectivity index (χ0n) is 48.7. The second-order valence-corrected chi connectivity index (χ2v) is 22.2. The van der Waals surface area contributed by atoms with Gasteiger partial charge in [0.2, 0.25) is 5.91 Å². The Bertz CT molecular complexity index is 1700. The standard InChI is InChI=1S/C65H111N2O7P/c1-7-10-13-16-19-22-25-27-29-30-31-32-33-34-35-36-38-39-42-45-48-51-54-57-64(68)66-62(61-73-75(70,71)72-60-59-67(4,5)6)63(56-53-50-47-44-41-24-21-18-15-12-9-3)74-65(69)58-55-52-49-46-43-40-37-28-26-23-20-17-14-11-8-2/h10-11,13-14,17,19-20,22-23,26-27,29,31-32,34-35,38-39,53,56,62-63H,7-9,12,15-16,18,21,24-25,28,30,33,36-37,40-52,54-55,57-61H2,1-6H3,(H-,66,68,70,71)/b13-10-,14-11+,20-17+,22-19-,26-23+,29-27-,32-31-,35-34-,39-38-,56-53-. The highest BCUT2D eigenvalue weighted by Crippen LogP contribution is 2.38. The average Bonchev–Trinajstić information content (AvgIpc) is 3.37. The molecule has 0 heterocycles. The number of rotatable bonds is 52. The zero-order valence-corrected chi connectivity index (χ0v) is 49.6. The summed E-state index contributed by atoms with van der Waals surface area (Å²) in [7, 11) is 1.14. The minimum Gasteiger partial charge on any atom is -0.756 e. The van der Waals surface area contributed by atoms with Gasteiger partial charge in [0.25, 0.3) is 7.82 Å². The first-order valence-corrected chi connectivity index (χ1v) is 31.3. The Balaban J connectivity index is 5.30. The molecular formula is C65H111N2O7P. The molecular weight excluding hydrogens is 952 g/mol. The number of esters is 1. The number of phosphoric acid groups is 1. The van der Waals surface area contributed by atoms with E-state index in [1.165, 1.54) is 64.2 Å². The molecule has 0 aliphatic rings. The third kappa shape index (κ3) is 55.0. The lowest BCUT2D eigenvalue weighted by molar-refractivity contribution is -0.870. The monoisotopic (exact) mass is 1060 g/mol. The van der Waals surface area contributed by atoms with Crippen LogP contribution in [0.15, 0.2) is 122 Å². The van der Waals surface area contributed by atoms with Gasteiger partial charge in [0, 0.05) is 12.8 Å². The molecule has 0 radical (unpaired) electrons. The van der Waals surface area contributed by atoms with E-state index in [-0.39, 0.29) is 31.3 Å². The number of amides is 1. The summed E-state index contributed by atoms with van der Waals surface area (Å²) in [5.74, 6) is -0.595. The largest absolute Gasteiger partial charge is 0.756 e. The summed E-state index contributed by atoms with van der Waals surface area (Å²) in [6.45, 7) is 6.54. The lowest BCUT2D eigenvalue weighted by Gasteiger charge is -2.30. The Labute approximate surface area is 461 Å². The molecule has 3 unspecified atom stereocenters. The summed E-state index contributed by atoms with van der Waals surface area (Å²) in [5.41, 5.74) is 0. The maximum Gasteiger partial charge on any atom is 0.306 e. The number of allylic oxidation sites excluding steroid dienone is 19. The van der Waals surface area contributed by atoms with Crippen molar-refractivity contribution in [1.82, 2.24) is 5.32 Å². The van der Waals surface area contributed by atoms with Gasteiger partial charge in [0.1, 0.15) is 19.3 Å². The number of hydrogen-bond donors (Lipinski definition) is 1. The summed E-state index contributed by atoms with van der Waals surface area (Å²) in [6, 6.07) is -0.915. The van der Waals surface area contributed by atoms with Crippen LogP contribution in [0, 0.1) is 0 Å². The molecule has 1 N–H and O–H groups in total. The van der Waals surface area contributed by atoms with Gasteiger partial charge in [-0.2, -0.15) is 0 Å². The maximum atomic E-state index is 13.5. The van der Waals surface area contributed by atoms with E-state index in [0.29, 0.717) is 23.9 Å². The summed E-state index contributed by atoms with van der Waals surface area (Å²) in [6.07, 6.45) is 74.5. The first-order chi connectivity index (χ1) is 36.4. The molecule has 0 fully saturated rings. The quantitative estimate of drug-likeness (QED) is 0.0161. The number of nitrogens with zero attached hydrogens (tertiary/aromatic N) is 1. The van der Waals surface area contributed by atoms with E-state index in [1.54, 1.807) is 0 Å². The van der Waals surface area contributed by atoms with Crippen LogP contribution in [0.4, 0.5) is 0 Å². The SMILES string of the molecule is CC/C=C\C/C=C\C/C=C\C/C=C\C/C=C\C/C=C\CCCCCCC(=O)NC(COP(=O)([O-])OCC[N+](C)(C)C)C(/C=C\CCCCCCCCCCC)OC(=O)CCCCCCCCC/C=C/C=C/C=C/CC. The second-order valence-electron chi connectivity index (χ2n) is 20.8. The van der Waals surface area contributed by atoms with E-state index >= 15 is 0 Å². The van der Waals surface area contributed by atoms with Crippen LogP contribution in [-0.2, 0) is 27.9 Å². The summed E-state index contributed by atoms with van der Waals surface area (Å²) >= 11 is 0. The van der Waals surface area contributed by atoms with Gasteiger partial charge in [-0.1, -0.05) is 233 Å². The van der Waals surface area contributed by atoms with Crippen LogP contribution in [0.2, 0.25) is 0 Å². The van der Waals surface area contributed by atoms with Crippen LogP contribution >= 0.6 is 7.82 Å². The van der Waals surface area contributed by atoms with Crippen LogP contribution in [-0.4, -0.2) is 69.4 Å². The predicted octanol–water partition coefficient (Wildman–Crippen LogP) is 17.7. The molecule has 3 atom stereocenters. The fourth-order valence-corrected chi connectivity index (χ4v) is 8.60. The van der Waals surface area contributed by atoms with Gasteiger partial charge in [0.15, 0.2) is 0 Å². The molecule has 0 aromatic carbocycles. The van der Waals surface area contributed by atoms with Crippen LogP contribution in [0.25, 0.3) is 0 Å². The molecule has 0 aromatic rings. The van der Waals surface area contributed by atoms with Gasteiger partial charge in [-0.15, -0.1) is 0 Å².